The van der Waals surface area contributed by atoms with E-state index in [1.54, 1.807) is 13.0 Å². The summed E-state index contributed by atoms with van der Waals surface area (Å²) in [6.07, 6.45) is 1.52. The van der Waals surface area contributed by atoms with Crippen molar-refractivity contribution < 1.29 is 14.3 Å². The van der Waals surface area contributed by atoms with E-state index in [1.165, 1.54) is 6.26 Å². The lowest BCUT2D eigenvalue weighted by Crippen LogP contribution is -2.02. The van der Waals surface area contributed by atoms with Crippen LogP contribution in [0.15, 0.2) is 16.7 Å². The summed E-state index contributed by atoms with van der Waals surface area (Å²) in [6, 6.07) is 1.69. The number of carbonyl (C=O) groups is 1. The largest absolute Gasteiger partial charge is 0.481 e. The quantitative estimate of drug-likeness (QED) is 0.793. The lowest BCUT2D eigenvalue weighted by Gasteiger charge is -2.04. The van der Waals surface area contributed by atoms with Gasteiger partial charge in [0.1, 0.15) is 0 Å². The second-order valence-corrected chi connectivity index (χ2v) is 2.99. The lowest BCUT2D eigenvalue weighted by atomic mass is 10.0. The zero-order chi connectivity index (χ0) is 9.14. The molecule has 12 heavy (non-hydrogen) atoms. The van der Waals surface area contributed by atoms with Gasteiger partial charge >= 0.3 is 5.97 Å². The highest BCUT2D eigenvalue weighted by Gasteiger charge is 2.14. The number of hydrogen-bond acceptors (Lipinski definition) is 2. The highest BCUT2D eigenvalue weighted by molar-refractivity contribution is 6.29. The SMILES string of the molecule is CC(CC(=O)O)c1ccoc1Cl. The molecule has 0 aliphatic rings. The number of hydrogen-bond donors (Lipinski definition) is 1. The number of furan rings is 1. The molecule has 3 nitrogen and oxygen atoms in total. The molecule has 1 aromatic rings. The van der Waals surface area contributed by atoms with Crippen molar-refractivity contribution in [1.29, 1.82) is 0 Å². The minimum atomic E-state index is -0.834. The van der Waals surface area contributed by atoms with Crippen molar-refractivity contribution in [2.75, 3.05) is 0 Å². The molecule has 0 bridgehead atoms. The summed E-state index contributed by atoms with van der Waals surface area (Å²) in [5.41, 5.74) is 0.749. The van der Waals surface area contributed by atoms with Crippen LogP contribution in [0.2, 0.25) is 5.22 Å². The smallest absolute Gasteiger partial charge is 0.303 e. The third-order valence-corrected chi connectivity index (χ3v) is 1.97. The summed E-state index contributed by atoms with van der Waals surface area (Å²) < 4.78 is 4.84. The van der Waals surface area contributed by atoms with Gasteiger partial charge in [0.2, 0.25) is 0 Å². The first kappa shape index (κ1) is 9.13. The Morgan fingerprint density at radius 3 is 2.92 bits per heavy atom. The van der Waals surface area contributed by atoms with E-state index in [0.717, 1.165) is 5.56 Å². The van der Waals surface area contributed by atoms with Crippen LogP contribution in [-0.2, 0) is 4.79 Å². The minimum Gasteiger partial charge on any atom is -0.481 e. The van der Waals surface area contributed by atoms with Gasteiger partial charge in [0.15, 0.2) is 5.22 Å². The fraction of sp³-hybridized carbons (Fsp3) is 0.375. The summed E-state index contributed by atoms with van der Waals surface area (Å²) >= 11 is 5.66. The predicted octanol–water partition coefficient (Wildman–Crippen LogP) is 2.51. The van der Waals surface area contributed by atoms with E-state index in [1.807, 2.05) is 0 Å². The van der Waals surface area contributed by atoms with Crippen LogP contribution < -0.4 is 0 Å². The van der Waals surface area contributed by atoms with E-state index >= 15 is 0 Å². The molecule has 0 aliphatic heterocycles. The van der Waals surface area contributed by atoms with Crippen molar-refractivity contribution in [2.45, 2.75) is 19.3 Å². The number of aliphatic carboxylic acids is 1. The van der Waals surface area contributed by atoms with Crippen molar-refractivity contribution >= 4 is 17.6 Å². The Labute approximate surface area is 74.9 Å². The average Bonchev–Trinajstić information content (AvgIpc) is 2.33. The van der Waals surface area contributed by atoms with Gasteiger partial charge < -0.3 is 9.52 Å². The molecule has 1 rings (SSSR count). The molecule has 0 aromatic carbocycles. The second-order valence-electron chi connectivity index (χ2n) is 2.65. The van der Waals surface area contributed by atoms with Crippen LogP contribution in [0.25, 0.3) is 0 Å². The van der Waals surface area contributed by atoms with Crippen LogP contribution >= 0.6 is 11.6 Å². The normalized spacial score (nSPS) is 12.8. The number of halogens is 1. The third-order valence-electron chi connectivity index (χ3n) is 1.66. The standard InChI is InChI=1S/C8H9ClO3/c1-5(4-7(10)11)6-2-3-12-8(6)9/h2-3,5H,4H2,1H3,(H,10,11). The van der Waals surface area contributed by atoms with E-state index in [2.05, 4.69) is 0 Å². The summed E-state index contributed by atoms with van der Waals surface area (Å²) in [7, 11) is 0. The van der Waals surface area contributed by atoms with Gasteiger partial charge in [0.05, 0.1) is 12.7 Å². The van der Waals surface area contributed by atoms with Crippen LogP contribution in [0.1, 0.15) is 24.8 Å². The van der Waals surface area contributed by atoms with E-state index in [0.29, 0.717) is 0 Å². The maximum Gasteiger partial charge on any atom is 0.303 e. The molecule has 0 spiro atoms. The summed E-state index contributed by atoms with van der Waals surface area (Å²) in [4.78, 5) is 10.3. The average molecular weight is 189 g/mol. The Bertz CT molecular complexity index is 280. The maximum atomic E-state index is 10.3. The van der Waals surface area contributed by atoms with Crippen molar-refractivity contribution in [3.63, 3.8) is 0 Å². The molecule has 0 amide bonds. The fourth-order valence-corrected chi connectivity index (χ4v) is 1.33. The van der Waals surface area contributed by atoms with Gasteiger partial charge in [-0.3, -0.25) is 4.79 Å². The van der Waals surface area contributed by atoms with Crippen molar-refractivity contribution in [3.8, 4) is 0 Å². The van der Waals surface area contributed by atoms with Crippen molar-refractivity contribution in [2.24, 2.45) is 0 Å². The molecule has 0 saturated heterocycles. The molecular weight excluding hydrogens is 180 g/mol. The second kappa shape index (κ2) is 3.63. The summed E-state index contributed by atoms with van der Waals surface area (Å²) in [5, 5.41) is 8.78. The lowest BCUT2D eigenvalue weighted by molar-refractivity contribution is -0.137. The topological polar surface area (TPSA) is 50.4 Å². The van der Waals surface area contributed by atoms with E-state index in [9.17, 15) is 4.79 Å². The molecule has 1 N–H and O–H groups in total. The fourth-order valence-electron chi connectivity index (χ4n) is 1.03. The molecular formula is C8H9ClO3. The molecule has 0 saturated carbocycles. The molecule has 0 aliphatic carbocycles. The van der Waals surface area contributed by atoms with E-state index in [4.69, 9.17) is 21.1 Å². The Kier molecular flexibility index (Phi) is 2.76. The van der Waals surface area contributed by atoms with Gasteiger partial charge in [-0.05, 0) is 23.6 Å². The summed E-state index contributed by atoms with van der Waals surface area (Å²) in [5.74, 6) is -0.937. The molecule has 1 heterocycles. The Morgan fingerprint density at radius 2 is 2.50 bits per heavy atom. The van der Waals surface area contributed by atoms with Gasteiger partial charge in [-0.1, -0.05) is 6.92 Å². The molecule has 1 atom stereocenters. The van der Waals surface area contributed by atoms with E-state index < -0.39 is 5.97 Å². The molecule has 4 heteroatoms. The Hall–Kier alpha value is -0.960. The zero-order valence-corrected chi connectivity index (χ0v) is 7.34. The number of carboxylic acid groups (broad SMARTS) is 1. The molecule has 66 valence electrons. The summed E-state index contributed by atoms with van der Waals surface area (Å²) in [6.45, 7) is 1.80. The van der Waals surface area contributed by atoms with Crippen LogP contribution in [0.4, 0.5) is 0 Å². The van der Waals surface area contributed by atoms with Gasteiger partial charge in [-0.2, -0.15) is 0 Å². The van der Waals surface area contributed by atoms with Crippen LogP contribution in [0, 0.1) is 0 Å². The highest BCUT2D eigenvalue weighted by Crippen LogP contribution is 2.27. The Balaban J connectivity index is 2.71. The predicted molar refractivity (Wildman–Crippen MR) is 44.4 cm³/mol. The Morgan fingerprint density at radius 1 is 1.83 bits per heavy atom. The van der Waals surface area contributed by atoms with Crippen molar-refractivity contribution in [1.82, 2.24) is 0 Å². The van der Waals surface area contributed by atoms with Gasteiger partial charge in [-0.25, -0.2) is 0 Å². The number of carboxylic acids is 1. The van der Waals surface area contributed by atoms with Crippen molar-refractivity contribution in [3.05, 3.63) is 23.1 Å². The van der Waals surface area contributed by atoms with Crippen LogP contribution in [0.5, 0.6) is 0 Å². The van der Waals surface area contributed by atoms with Crippen LogP contribution in [-0.4, -0.2) is 11.1 Å². The monoisotopic (exact) mass is 188 g/mol. The molecule has 1 aromatic heterocycles. The van der Waals surface area contributed by atoms with E-state index in [-0.39, 0.29) is 17.6 Å². The first-order valence-corrected chi connectivity index (χ1v) is 3.93. The first-order valence-electron chi connectivity index (χ1n) is 3.56. The van der Waals surface area contributed by atoms with Gasteiger partial charge in [-0.15, -0.1) is 0 Å². The molecule has 0 fully saturated rings. The van der Waals surface area contributed by atoms with Gasteiger partial charge in [0.25, 0.3) is 0 Å². The maximum absolute atomic E-state index is 10.3. The van der Waals surface area contributed by atoms with Crippen LogP contribution in [0.3, 0.4) is 0 Å². The zero-order valence-electron chi connectivity index (χ0n) is 6.58. The first-order chi connectivity index (χ1) is 5.61. The number of rotatable bonds is 3. The molecule has 1 unspecified atom stereocenters. The molecule has 0 radical (unpaired) electrons. The minimum absolute atomic E-state index is 0.0687. The third kappa shape index (κ3) is 2.01. The van der Waals surface area contributed by atoms with Gasteiger partial charge in [0, 0.05) is 5.56 Å². The highest BCUT2D eigenvalue weighted by atomic mass is 35.5.